The molecule has 0 unspecified atom stereocenters. The molecule has 0 aromatic heterocycles. The quantitative estimate of drug-likeness (QED) is 0.564. The number of alkyl halides is 8. The molecule has 15 heavy (non-hydrogen) atoms. The van der Waals surface area contributed by atoms with E-state index in [4.69, 9.17) is 0 Å². The summed E-state index contributed by atoms with van der Waals surface area (Å²) in [6, 6.07) is 0. The van der Waals surface area contributed by atoms with Crippen molar-refractivity contribution in [3.05, 3.63) is 0 Å². The molecule has 0 spiro atoms. The van der Waals surface area contributed by atoms with Gasteiger partial charge in [0.2, 0.25) is 0 Å². The van der Waals surface area contributed by atoms with E-state index >= 15 is 0 Å². The molecule has 0 saturated carbocycles. The van der Waals surface area contributed by atoms with Crippen molar-refractivity contribution < 1.29 is 44.7 Å². The van der Waals surface area contributed by atoms with Crippen molar-refractivity contribution in [2.24, 2.45) is 0 Å². The molecule has 0 aliphatic heterocycles. The van der Waals surface area contributed by atoms with Crippen molar-refractivity contribution in [2.45, 2.75) is 18.2 Å². The average molecular weight is 246 g/mol. The zero-order valence-electron chi connectivity index (χ0n) is 6.55. The Hall–Kier alpha value is -1.09. The van der Waals surface area contributed by atoms with Crippen LogP contribution in [0.3, 0.4) is 0 Å². The number of hydrogen-bond acceptors (Lipinski definition) is 2. The second-order valence-electron chi connectivity index (χ2n) is 2.23. The molecule has 0 aromatic carbocycles. The minimum absolute atomic E-state index is 2.36. The summed E-state index contributed by atoms with van der Waals surface area (Å²) in [6.45, 7) is -2.70. The number of halogens is 8. The topological polar surface area (TPSA) is 26.3 Å². The van der Waals surface area contributed by atoms with Crippen LogP contribution in [0.15, 0.2) is 0 Å². The first kappa shape index (κ1) is 13.9. The van der Waals surface area contributed by atoms with Gasteiger partial charge in [0.25, 0.3) is 0 Å². The van der Waals surface area contributed by atoms with E-state index in [2.05, 4.69) is 4.74 Å². The monoisotopic (exact) mass is 246 g/mol. The highest BCUT2D eigenvalue weighted by Crippen LogP contribution is 2.37. The molecule has 0 fully saturated rings. The van der Waals surface area contributed by atoms with E-state index < -0.39 is 30.9 Å². The summed E-state index contributed by atoms with van der Waals surface area (Å²) in [6.07, 6.45) is -11.4. The zero-order chi connectivity index (χ0) is 12.5. The Morgan fingerprint density at radius 2 is 1.40 bits per heavy atom. The van der Waals surface area contributed by atoms with Crippen LogP contribution in [0.5, 0.6) is 0 Å². The van der Waals surface area contributed by atoms with Crippen molar-refractivity contribution >= 4 is 5.97 Å². The first-order valence-electron chi connectivity index (χ1n) is 3.06. The zero-order valence-corrected chi connectivity index (χ0v) is 6.55. The SMILES string of the molecule is O=C(OC(F)(F)CF)C(F)(F)C(F)(F)F. The fraction of sp³-hybridized carbons (Fsp3) is 0.800. The third-order valence-corrected chi connectivity index (χ3v) is 1.01. The van der Waals surface area contributed by atoms with Gasteiger partial charge >= 0.3 is 24.2 Å². The molecule has 0 heterocycles. The molecule has 0 bridgehead atoms. The molecule has 0 saturated heterocycles. The van der Waals surface area contributed by atoms with Crippen molar-refractivity contribution in [3.63, 3.8) is 0 Å². The highest BCUT2D eigenvalue weighted by atomic mass is 19.4. The van der Waals surface area contributed by atoms with Crippen LogP contribution in [0.2, 0.25) is 0 Å². The van der Waals surface area contributed by atoms with E-state index in [-0.39, 0.29) is 0 Å². The van der Waals surface area contributed by atoms with Gasteiger partial charge in [0.1, 0.15) is 0 Å². The van der Waals surface area contributed by atoms with Crippen LogP contribution in [0.1, 0.15) is 0 Å². The maximum atomic E-state index is 11.9. The van der Waals surface area contributed by atoms with E-state index in [0.29, 0.717) is 0 Å². The lowest BCUT2D eigenvalue weighted by molar-refractivity contribution is -0.304. The molecule has 0 amide bonds. The van der Waals surface area contributed by atoms with Gasteiger partial charge in [0.15, 0.2) is 6.67 Å². The molecule has 2 nitrogen and oxygen atoms in total. The summed E-state index contributed by atoms with van der Waals surface area (Å²) >= 11 is 0. The minimum atomic E-state index is -6.38. The van der Waals surface area contributed by atoms with Gasteiger partial charge in [0, 0.05) is 0 Å². The number of carbonyl (C=O) groups is 1. The first-order chi connectivity index (χ1) is 6.44. The highest BCUT2D eigenvalue weighted by Gasteiger charge is 2.66. The van der Waals surface area contributed by atoms with Crippen LogP contribution in [0.4, 0.5) is 35.1 Å². The van der Waals surface area contributed by atoms with Crippen molar-refractivity contribution in [3.8, 4) is 0 Å². The van der Waals surface area contributed by atoms with Gasteiger partial charge in [-0.2, -0.15) is 30.7 Å². The summed E-state index contributed by atoms with van der Waals surface area (Å²) < 4.78 is 95.2. The summed E-state index contributed by atoms with van der Waals surface area (Å²) in [5.74, 6) is -9.66. The van der Waals surface area contributed by atoms with Crippen LogP contribution in [0, 0.1) is 0 Å². The van der Waals surface area contributed by atoms with E-state index in [1.807, 2.05) is 0 Å². The Labute approximate surface area is 76.8 Å². The number of rotatable bonds is 3. The number of ether oxygens (including phenoxy) is 1. The third kappa shape index (κ3) is 3.20. The lowest BCUT2D eigenvalue weighted by Gasteiger charge is -2.20. The molecule has 10 heteroatoms. The van der Waals surface area contributed by atoms with Crippen LogP contribution >= 0.6 is 0 Å². The molecule has 0 aliphatic carbocycles. The van der Waals surface area contributed by atoms with Crippen LogP contribution < -0.4 is 0 Å². The second kappa shape index (κ2) is 3.81. The number of hydrogen-bond donors (Lipinski definition) is 0. The fourth-order valence-corrected chi connectivity index (χ4v) is 0.343. The maximum Gasteiger partial charge on any atom is 0.465 e. The van der Waals surface area contributed by atoms with Crippen molar-refractivity contribution in [1.29, 1.82) is 0 Å². The highest BCUT2D eigenvalue weighted by molar-refractivity contribution is 5.78. The summed E-state index contributed by atoms with van der Waals surface area (Å²) in [4.78, 5) is 9.95. The predicted octanol–water partition coefficient (Wildman–Crippen LogP) is 2.29. The van der Waals surface area contributed by atoms with Gasteiger partial charge in [-0.3, -0.25) is 0 Å². The Morgan fingerprint density at radius 1 is 1.00 bits per heavy atom. The van der Waals surface area contributed by atoms with Crippen molar-refractivity contribution in [2.75, 3.05) is 6.67 Å². The Balaban J connectivity index is 4.74. The van der Waals surface area contributed by atoms with Crippen LogP contribution in [-0.2, 0) is 9.53 Å². The minimum Gasteiger partial charge on any atom is -0.394 e. The van der Waals surface area contributed by atoms with Gasteiger partial charge in [-0.25, -0.2) is 9.18 Å². The summed E-state index contributed by atoms with van der Waals surface area (Å²) in [5, 5.41) is 0. The number of esters is 1. The Kier molecular flexibility index (Phi) is 3.54. The van der Waals surface area contributed by atoms with Gasteiger partial charge in [-0.05, 0) is 0 Å². The van der Waals surface area contributed by atoms with Gasteiger partial charge in [-0.15, -0.1) is 0 Å². The molecule has 0 aliphatic rings. The van der Waals surface area contributed by atoms with E-state index in [1.54, 1.807) is 0 Å². The standard InChI is InChI=1S/C5H2F8O2/c6-1-3(7,8)15-2(14)4(9,10)5(11,12)13/h1H2. The van der Waals surface area contributed by atoms with Crippen LogP contribution in [-0.4, -0.2) is 30.9 Å². The molecule has 0 aromatic rings. The third-order valence-electron chi connectivity index (χ3n) is 1.01. The molecule has 0 atom stereocenters. The van der Waals surface area contributed by atoms with Crippen molar-refractivity contribution in [1.82, 2.24) is 0 Å². The largest absolute Gasteiger partial charge is 0.465 e. The second-order valence-corrected chi connectivity index (χ2v) is 2.23. The molecule has 0 N–H and O–H groups in total. The van der Waals surface area contributed by atoms with E-state index in [0.717, 1.165) is 0 Å². The Morgan fingerprint density at radius 3 is 1.67 bits per heavy atom. The van der Waals surface area contributed by atoms with E-state index in [1.165, 1.54) is 0 Å². The first-order valence-corrected chi connectivity index (χ1v) is 3.06. The van der Waals surface area contributed by atoms with Crippen LogP contribution in [0.25, 0.3) is 0 Å². The molecule has 0 rings (SSSR count). The molecule has 90 valence electrons. The predicted molar refractivity (Wildman–Crippen MR) is 28.0 cm³/mol. The summed E-state index contributed by atoms with van der Waals surface area (Å²) in [7, 11) is 0. The number of carbonyl (C=O) groups excluding carboxylic acids is 1. The fourth-order valence-electron chi connectivity index (χ4n) is 0.343. The molecular weight excluding hydrogens is 244 g/mol. The Bertz CT molecular complexity index is 244. The summed E-state index contributed by atoms with van der Waals surface area (Å²) in [5.41, 5.74) is 0. The van der Waals surface area contributed by atoms with E-state index in [9.17, 15) is 39.9 Å². The molecule has 0 radical (unpaired) electrons. The normalized spacial score (nSPS) is 13.9. The van der Waals surface area contributed by atoms with Gasteiger partial charge in [0.05, 0.1) is 0 Å². The smallest absolute Gasteiger partial charge is 0.394 e. The van der Waals surface area contributed by atoms with Gasteiger partial charge in [-0.1, -0.05) is 0 Å². The lowest BCUT2D eigenvalue weighted by atomic mass is 10.3. The van der Waals surface area contributed by atoms with Gasteiger partial charge < -0.3 is 4.74 Å². The molecular formula is C5H2F8O2. The maximum absolute atomic E-state index is 11.9. The lowest BCUT2D eigenvalue weighted by Crippen LogP contribution is -2.47. The average Bonchev–Trinajstić information content (AvgIpc) is 2.01.